The van der Waals surface area contributed by atoms with Gasteiger partial charge in [0, 0.05) is 25.2 Å². The van der Waals surface area contributed by atoms with Crippen molar-refractivity contribution in [3.05, 3.63) is 58.4 Å². The molecule has 0 N–H and O–H groups in total. The molecule has 0 aliphatic carbocycles. The molecule has 0 saturated heterocycles. The van der Waals surface area contributed by atoms with Crippen molar-refractivity contribution in [2.24, 2.45) is 4.99 Å². The van der Waals surface area contributed by atoms with Crippen LogP contribution in [0, 0.1) is 6.92 Å². The summed E-state index contributed by atoms with van der Waals surface area (Å²) in [6, 6.07) is 13.6. The average Bonchev–Trinajstić information content (AvgIpc) is 3.16. The first kappa shape index (κ1) is 19.1. The van der Waals surface area contributed by atoms with E-state index in [2.05, 4.69) is 38.0 Å². The fourth-order valence-corrected chi connectivity index (χ4v) is 2.71. The van der Waals surface area contributed by atoms with Gasteiger partial charge in [-0.25, -0.2) is 9.98 Å². The topological polar surface area (TPSA) is 63.8 Å². The molecule has 7 heteroatoms. The third kappa shape index (κ3) is 4.95. The van der Waals surface area contributed by atoms with E-state index in [4.69, 9.17) is 9.26 Å². The zero-order chi connectivity index (χ0) is 19.2. The van der Waals surface area contributed by atoms with E-state index in [9.17, 15) is 0 Å². The van der Waals surface area contributed by atoms with Crippen LogP contribution in [-0.2, 0) is 6.61 Å². The van der Waals surface area contributed by atoms with Crippen LogP contribution >= 0.6 is 15.9 Å². The van der Waals surface area contributed by atoms with Gasteiger partial charge in [0.2, 0.25) is 5.88 Å². The Kier molecular flexibility index (Phi) is 6.24. The number of hydrogen-bond acceptors (Lipinski definition) is 5. The lowest BCUT2D eigenvalue weighted by Gasteiger charge is -2.10. The summed E-state index contributed by atoms with van der Waals surface area (Å²) in [6.07, 6.45) is 1.79. The van der Waals surface area contributed by atoms with Gasteiger partial charge in [-0.05, 0) is 35.8 Å². The summed E-state index contributed by atoms with van der Waals surface area (Å²) in [5, 5.41) is 4.09. The van der Waals surface area contributed by atoms with Crippen molar-refractivity contribution in [2.75, 3.05) is 13.6 Å². The van der Waals surface area contributed by atoms with Gasteiger partial charge < -0.3 is 14.2 Å². The molecule has 0 radical (unpaired) electrons. The van der Waals surface area contributed by atoms with E-state index in [1.165, 1.54) is 0 Å². The Morgan fingerprint density at radius 1 is 1.26 bits per heavy atom. The number of nitrogens with zero attached hydrogens (tertiary/aromatic N) is 4. The van der Waals surface area contributed by atoms with Crippen molar-refractivity contribution >= 4 is 28.0 Å². The smallest absolute Gasteiger partial charge is 0.228 e. The van der Waals surface area contributed by atoms with E-state index >= 15 is 0 Å². The number of aliphatic imine (C=N–C) groups is 1. The molecule has 0 aliphatic heterocycles. The summed E-state index contributed by atoms with van der Waals surface area (Å²) in [5.41, 5.74) is 3.36. The Balaban J connectivity index is 1.69. The maximum atomic E-state index is 5.80. The zero-order valence-electron chi connectivity index (χ0n) is 15.5. The van der Waals surface area contributed by atoms with Gasteiger partial charge in [0.05, 0.1) is 22.2 Å². The van der Waals surface area contributed by atoms with Gasteiger partial charge in [0.25, 0.3) is 0 Å². The second kappa shape index (κ2) is 8.81. The molecule has 0 bridgehead atoms. The molecular weight excluding hydrogens is 408 g/mol. The van der Waals surface area contributed by atoms with E-state index < -0.39 is 0 Å². The van der Waals surface area contributed by atoms with E-state index in [1.807, 2.05) is 61.3 Å². The first-order valence-electron chi connectivity index (χ1n) is 8.62. The molecule has 0 fully saturated rings. The highest BCUT2D eigenvalue weighted by Gasteiger charge is 2.11. The second-order valence-electron chi connectivity index (χ2n) is 6.03. The van der Waals surface area contributed by atoms with Crippen LogP contribution in [0.3, 0.4) is 0 Å². The average molecular weight is 429 g/mol. The Morgan fingerprint density at radius 2 is 2.04 bits per heavy atom. The van der Waals surface area contributed by atoms with Crippen LogP contribution in [0.2, 0.25) is 0 Å². The van der Waals surface area contributed by atoms with Crippen LogP contribution in [0.1, 0.15) is 18.4 Å². The molecule has 0 saturated carbocycles. The van der Waals surface area contributed by atoms with E-state index in [-0.39, 0.29) is 6.61 Å². The number of benzene rings is 1. The van der Waals surface area contributed by atoms with Crippen molar-refractivity contribution in [3.8, 4) is 17.1 Å². The summed E-state index contributed by atoms with van der Waals surface area (Å²) in [6.45, 7) is 5.10. The van der Waals surface area contributed by atoms with Crippen LogP contribution < -0.4 is 4.74 Å². The lowest BCUT2D eigenvalue weighted by molar-refractivity contribution is 0.240. The third-order valence-corrected chi connectivity index (χ3v) is 4.55. The van der Waals surface area contributed by atoms with E-state index in [0.29, 0.717) is 11.6 Å². The van der Waals surface area contributed by atoms with Gasteiger partial charge in [0.1, 0.15) is 5.69 Å². The number of hydrogen-bond donors (Lipinski definition) is 0. The number of rotatable bonds is 7. The minimum atomic E-state index is 0.242. The number of halogens is 1. The fraction of sp³-hybridized carbons (Fsp3) is 0.250. The molecule has 1 aromatic carbocycles. The van der Waals surface area contributed by atoms with Crippen LogP contribution in [0.25, 0.3) is 11.3 Å². The Hall–Kier alpha value is -2.67. The molecular formula is C20H21BrN4O2. The molecule has 0 unspecified atom stereocenters. The highest BCUT2D eigenvalue weighted by molar-refractivity contribution is 9.10. The minimum absolute atomic E-state index is 0.242. The summed E-state index contributed by atoms with van der Waals surface area (Å²) in [4.78, 5) is 10.9. The first-order chi connectivity index (χ1) is 13.1. The van der Waals surface area contributed by atoms with Crippen LogP contribution in [0.5, 0.6) is 5.88 Å². The molecule has 3 rings (SSSR count). The van der Waals surface area contributed by atoms with Gasteiger partial charge in [-0.1, -0.05) is 35.5 Å². The second-order valence-corrected chi connectivity index (χ2v) is 6.89. The molecule has 27 heavy (non-hydrogen) atoms. The van der Waals surface area contributed by atoms with Crippen LogP contribution in [-0.4, -0.2) is 35.0 Å². The van der Waals surface area contributed by atoms with Crippen molar-refractivity contribution < 1.29 is 9.26 Å². The quantitative estimate of drug-likeness (QED) is 0.391. The summed E-state index contributed by atoms with van der Waals surface area (Å²) >= 11 is 3.50. The number of aromatic nitrogens is 2. The maximum Gasteiger partial charge on any atom is 0.228 e. The number of aryl methyl sites for hydroxylation is 1. The SMILES string of the molecule is CCN(C)/C=N/c1cc(Br)c(OCc2cc(-c3ccccc3)no2)nc1C. The van der Waals surface area contributed by atoms with Crippen molar-refractivity contribution in [2.45, 2.75) is 20.5 Å². The fourth-order valence-electron chi connectivity index (χ4n) is 2.29. The van der Waals surface area contributed by atoms with Crippen molar-refractivity contribution in [3.63, 3.8) is 0 Å². The van der Waals surface area contributed by atoms with Gasteiger partial charge in [-0.15, -0.1) is 0 Å². The normalized spacial score (nSPS) is 11.1. The lowest BCUT2D eigenvalue weighted by Crippen LogP contribution is -2.14. The molecule has 3 aromatic rings. The molecule has 0 atom stereocenters. The standard InChI is InChI=1S/C20H21BrN4O2/c1-4-25(3)13-22-18-11-17(21)20(23-14(18)2)26-12-16-10-19(24-27-16)15-8-6-5-7-9-15/h5-11,13H,4,12H2,1-3H3/b22-13+. The zero-order valence-corrected chi connectivity index (χ0v) is 17.1. The Bertz CT molecular complexity index is 925. The molecule has 2 heterocycles. The van der Waals surface area contributed by atoms with Crippen molar-refractivity contribution in [1.82, 2.24) is 15.0 Å². The van der Waals surface area contributed by atoms with E-state index in [0.717, 1.165) is 33.7 Å². The minimum Gasteiger partial charge on any atom is -0.469 e. The maximum absolute atomic E-state index is 5.80. The summed E-state index contributed by atoms with van der Waals surface area (Å²) < 4.78 is 11.9. The molecule has 2 aromatic heterocycles. The van der Waals surface area contributed by atoms with Crippen LogP contribution in [0.15, 0.2) is 56.5 Å². The monoisotopic (exact) mass is 428 g/mol. The highest BCUT2D eigenvalue weighted by Crippen LogP contribution is 2.30. The van der Waals surface area contributed by atoms with Crippen LogP contribution in [0.4, 0.5) is 5.69 Å². The van der Waals surface area contributed by atoms with Gasteiger partial charge in [-0.3, -0.25) is 0 Å². The third-order valence-electron chi connectivity index (χ3n) is 3.98. The lowest BCUT2D eigenvalue weighted by atomic mass is 10.1. The predicted molar refractivity (Wildman–Crippen MR) is 109 cm³/mol. The summed E-state index contributed by atoms with van der Waals surface area (Å²) in [7, 11) is 1.97. The van der Waals surface area contributed by atoms with Crippen molar-refractivity contribution in [1.29, 1.82) is 0 Å². The Morgan fingerprint density at radius 3 is 2.78 bits per heavy atom. The molecule has 0 aliphatic rings. The molecule has 0 amide bonds. The Labute approximate surface area is 167 Å². The first-order valence-corrected chi connectivity index (χ1v) is 9.41. The number of ether oxygens (including phenoxy) is 1. The molecule has 140 valence electrons. The molecule has 0 spiro atoms. The van der Waals surface area contributed by atoms with E-state index in [1.54, 1.807) is 6.34 Å². The molecule has 6 nitrogen and oxygen atoms in total. The van der Waals surface area contributed by atoms with Gasteiger partial charge in [-0.2, -0.15) is 0 Å². The number of pyridine rings is 1. The predicted octanol–water partition coefficient (Wildman–Crippen LogP) is 5.00. The largest absolute Gasteiger partial charge is 0.469 e. The van der Waals surface area contributed by atoms with Gasteiger partial charge in [0.15, 0.2) is 12.4 Å². The highest BCUT2D eigenvalue weighted by atomic mass is 79.9. The van der Waals surface area contributed by atoms with Gasteiger partial charge >= 0.3 is 0 Å². The summed E-state index contributed by atoms with van der Waals surface area (Å²) in [5.74, 6) is 1.12.